The first-order valence-corrected chi connectivity index (χ1v) is 13.4. The van der Waals surface area contributed by atoms with Gasteiger partial charge < -0.3 is 25.4 Å². The van der Waals surface area contributed by atoms with E-state index in [-0.39, 0.29) is 32.6 Å². The minimum Gasteiger partial charge on any atom is -0.443 e. The Balaban J connectivity index is 0.00000361. The molecule has 3 N–H and O–H groups in total. The van der Waals surface area contributed by atoms with Gasteiger partial charge in [0.15, 0.2) is 5.82 Å². The van der Waals surface area contributed by atoms with Crippen molar-refractivity contribution in [2.45, 2.75) is 46.1 Å². The van der Waals surface area contributed by atoms with Crippen molar-refractivity contribution in [1.82, 2.24) is 24.8 Å². The number of amides is 2. The lowest BCUT2D eigenvalue weighted by Gasteiger charge is -2.25. The average Bonchev–Trinajstić information content (AvgIpc) is 3.45. The lowest BCUT2D eigenvalue weighted by atomic mass is 10.1. The highest BCUT2D eigenvalue weighted by Gasteiger charge is 2.29. The van der Waals surface area contributed by atoms with Gasteiger partial charge in [0.2, 0.25) is 10.9 Å². The summed E-state index contributed by atoms with van der Waals surface area (Å²) in [7, 11) is 0. The van der Waals surface area contributed by atoms with Gasteiger partial charge in [0.05, 0.1) is 24.4 Å². The smallest absolute Gasteiger partial charge is 0.410 e. The van der Waals surface area contributed by atoms with Crippen LogP contribution in [-0.4, -0.2) is 68.2 Å². The Morgan fingerprint density at radius 3 is 2.58 bits per heavy atom. The van der Waals surface area contributed by atoms with Crippen LogP contribution >= 0.6 is 23.1 Å². The van der Waals surface area contributed by atoms with Gasteiger partial charge in [-0.1, -0.05) is 37.8 Å². The van der Waals surface area contributed by atoms with Gasteiger partial charge in [-0.3, -0.25) is 9.20 Å². The minimum atomic E-state index is -1.08. The number of carbonyl (C=O) groups is 2. The van der Waals surface area contributed by atoms with E-state index < -0.39 is 11.6 Å². The van der Waals surface area contributed by atoms with Crippen LogP contribution in [0.5, 0.6) is 0 Å². The fourth-order valence-corrected chi connectivity index (χ4v) is 5.21. The summed E-state index contributed by atoms with van der Waals surface area (Å²) in [6, 6.07) is 9.17. The first-order chi connectivity index (χ1) is 16.8. The molecule has 2 amide bonds. The Morgan fingerprint density at radius 1 is 1.17 bits per heavy atom. The van der Waals surface area contributed by atoms with Gasteiger partial charge in [0, 0.05) is 30.0 Å². The summed E-state index contributed by atoms with van der Waals surface area (Å²) in [6.45, 7) is 5.25. The molecule has 1 aliphatic rings. The number of thioether (sulfide) groups is 1. The highest BCUT2D eigenvalue weighted by atomic mass is 32.2. The molecule has 0 radical (unpaired) electrons. The van der Waals surface area contributed by atoms with Crippen LogP contribution in [0.3, 0.4) is 0 Å². The first-order valence-electron chi connectivity index (χ1n) is 11.4. The van der Waals surface area contributed by atoms with E-state index in [1.54, 1.807) is 18.7 Å². The Bertz CT molecular complexity index is 1140. The second-order valence-corrected chi connectivity index (χ2v) is 10.9. The summed E-state index contributed by atoms with van der Waals surface area (Å²) in [4.78, 5) is 27.6. The van der Waals surface area contributed by atoms with E-state index in [0.29, 0.717) is 30.5 Å². The third-order valence-corrected chi connectivity index (χ3v) is 7.26. The van der Waals surface area contributed by atoms with Crippen LogP contribution in [0.1, 0.15) is 44.4 Å². The van der Waals surface area contributed by atoms with E-state index in [9.17, 15) is 9.59 Å². The second kappa shape index (κ2) is 12.5. The summed E-state index contributed by atoms with van der Waals surface area (Å²) >= 11 is 3.22. The van der Waals surface area contributed by atoms with Crippen molar-refractivity contribution >= 4 is 40.1 Å². The monoisotopic (exact) mass is 534 g/mol. The molecule has 10 nitrogen and oxygen atoms in total. The molecule has 4 rings (SSSR count). The molecule has 1 saturated heterocycles. The summed E-state index contributed by atoms with van der Waals surface area (Å²) in [6.07, 6.45) is -0.333. The van der Waals surface area contributed by atoms with Crippen molar-refractivity contribution < 1.29 is 19.1 Å². The molecule has 196 valence electrons. The predicted molar refractivity (Wildman–Crippen MR) is 142 cm³/mol. The number of nitrogens with two attached hydrogens (primary N) is 1. The number of carbonyl (C=O) groups excluding carboxylic acids is 2. The second-order valence-electron chi connectivity index (χ2n) is 8.81. The highest BCUT2D eigenvalue weighted by molar-refractivity contribution is 7.99. The molecule has 1 aromatic carbocycles. The highest BCUT2D eigenvalue weighted by Crippen LogP contribution is 2.23. The number of nitrogens with one attached hydrogen (secondary N) is 1. The number of thiazole rings is 1. The molecule has 3 aromatic rings. The van der Waals surface area contributed by atoms with Crippen LogP contribution in [0.2, 0.25) is 0 Å². The molecule has 12 heteroatoms. The fourth-order valence-electron chi connectivity index (χ4n) is 3.49. The molecule has 1 aliphatic heterocycles. The van der Waals surface area contributed by atoms with Crippen molar-refractivity contribution in [3.63, 3.8) is 0 Å². The Hall–Kier alpha value is -2.67. The molecule has 1 atom stereocenters. The molecule has 0 unspecified atom stereocenters. The van der Waals surface area contributed by atoms with Crippen molar-refractivity contribution in [3.8, 4) is 0 Å². The largest absolute Gasteiger partial charge is 0.443 e. The normalized spacial score (nSPS) is 14.8. The summed E-state index contributed by atoms with van der Waals surface area (Å²) in [5.41, 5.74) is 6.67. The van der Waals surface area contributed by atoms with Crippen molar-refractivity contribution in [3.05, 3.63) is 52.8 Å². The molecule has 0 aliphatic carbocycles. The maximum Gasteiger partial charge on any atom is 0.410 e. The molecule has 3 heterocycles. The zero-order chi connectivity index (χ0) is 24.8. The molecule has 1 fully saturated rings. The molecule has 0 saturated carbocycles. The van der Waals surface area contributed by atoms with E-state index in [1.807, 2.05) is 51.9 Å². The maximum absolute atomic E-state index is 12.7. The zero-order valence-corrected chi connectivity index (χ0v) is 21.4. The Labute approximate surface area is 219 Å². The average molecular weight is 535 g/mol. The minimum absolute atomic E-state index is 0. The SMILES string of the molecule is C.CC(C)(N)C(=O)N[C@H](COCc1ccccc1)c1nnc2scc(COC(=O)N3CCSCC3)n12. The Morgan fingerprint density at radius 2 is 1.89 bits per heavy atom. The topological polar surface area (TPSA) is 124 Å². The number of hydrogen-bond donors (Lipinski definition) is 2. The third kappa shape index (κ3) is 6.96. The van der Waals surface area contributed by atoms with Gasteiger partial charge in [0.1, 0.15) is 12.6 Å². The van der Waals surface area contributed by atoms with Gasteiger partial charge in [-0.25, -0.2) is 4.79 Å². The summed E-state index contributed by atoms with van der Waals surface area (Å²) < 4.78 is 13.3. The Kier molecular flexibility index (Phi) is 9.71. The first kappa shape index (κ1) is 27.9. The van der Waals surface area contributed by atoms with Crippen molar-refractivity contribution in [2.24, 2.45) is 5.73 Å². The lowest BCUT2D eigenvalue weighted by Crippen LogP contribution is -2.51. The molecule has 2 aromatic heterocycles. The van der Waals surface area contributed by atoms with Gasteiger partial charge >= 0.3 is 6.09 Å². The van der Waals surface area contributed by atoms with E-state index >= 15 is 0 Å². The van der Waals surface area contributed by atoms with Crippen LogP contribution < -0.4 is 11.1 Å². The molecular formula is C24H34N6O4S2. The van der Waals surface area contributed by atoms with Crippen LogP contribution in [0.25, 0.3) is 4.96 Å². The molecule has 0 bridgehead atoms. The molecular weight excluding hydrogens is 500 g/mol. The zero-order valence-electron chi connectivity index (χ0n) is 19.8. The van der Waals surface area contributed by atoms with E-state index in [2.05, 4.69) is 15.5 Å². The number of rotatable bonds is 9. The van der Waals surface area contributed by atoms with Crippen LogP contribution in [0.4, 0.5) is 4.79 Å². The van der Waals surface area contributed by atoms with E-state index in [1.165, 1.54) is 11.3 Å². The number of ether oxygens (including phenoxy) is 2. The number of aromatic nitrogens is 3. The summed E-state index contributed by atoms with van der Waals surface area (Å²) in [5.74, 6) is 1.98. The van der Waals surface area contributed by atoms with Crippen LogP contribution in [0.15, 0.2) is 35.7 Å². The maximum atomic E-state index is 12.7. The quantitative estimate of drug-likeness (QED) is 0.429. The number of nitrogens with zero attached hydrogens (tertiary/aromatic N) is 4. The van der Waals surface area contributed by atoms with Crippen LogP contribution in [-0.2, 0) is 27.5 Å². The van der Waals surface area contributed by atoms with E-state index in [0.717, 1.165) is 22.8 Å². The van der Waals surface area contributed by atoms with Gasteiger partial charge in [-0.05, 0) is 19.4 Å². The van der Waals surface area contributed by atoms with Gasteiger partial charge in [0.25, 0.3) is 0 Å². The van der Waals surface area contributed by atoms with Crippen molar-refractivity contribution in [2.75, 3.05) is 31.2 Å². The molecule has 0 spiro atoms. The lowest BCUT2D eigenvalue weighted by molar-refractivity contribution is -0.126. The standard InChI is InChI=1S/C23H30N6O4S2.CH4/c1-23(2,24)20(30)25-18(14-32-12-16-6-4-3-5-7-16)19-26-27-21-29(19)17(15-35-21)13-33-22(31)28-8-10-34-11-9-28;/h3-7,15,18H,8-14,24H2,1-2H3,(H,25,30);1H4/t18-;/m1./s1. The number of fused-ring (bicyclic) bond motifs is 1. The van der Waals surface area contributed by atoms with Gasteiger partial charge in [-0.2, -0.15) is 11.8 Å². The molecule has 36 heavy (non-hydrogen) atoms. The summed E-state index contributed by atoms with van der Waals surface area (Å²) in [5, 5.41) is 13.4. The van der Waals surface area contributed by atoms with Crippen LogP contribution in [0, 0.1) is 0 Å². The van der Waals surface area contributed by atoms with Gasteiger partial charge in [-0.15, -0.1) is 21.5 Å². The number of benzene rings is 1. The van der Waals surface area contributed by atoms with E-state index in [4.69, 9.17) is 15.2 Å². The fraction of sp³-hybridized carbons (Fsp3) is 0.500. The predicted octanol–water partition coefficient (Wildman–Crippen LogP) is 3.22. The third-order valence-electron chi connectivity index (χ3n) is 5.46. The number of hydrogen-bond acceptors (Lipinski definition) is 9. The van der Waals surface area contributed by atoms with Crippen molar-refractivity contribution in [1.29, 1.82) is 0 Å².